The van der Waals surface area contributed by atoms with Gasteiger partial charge in [0.1, 0.15) is 5.82 Å². The first-order valence-electron chi connectivity index (χ1n) is 8.13. The number of nitrogens with zero attached hydrogens (tertiary/aromatic N) is 3. The Balaban J connectivity index is 2.42. The van der Waals surface area contributed by atoms with Gasteiger partial charge in [-0.05, 0) is 18.9 Å². The molecule has 0 amide bonds. The van der Waals surface area contributed by atoms with Crippen LogP contribution in [0.3, 0.4) is 0 Å². The highest BCUT2D eigenvalue weighted by atomic mass is 19.3. The number of hydrogen-bond acceptors (Lipinski definition) is 5. The first kappa shape index (κ1) is 14.3. The molecule has 5 nitrogen and oxygen atoms in total. The molecule has 2 heterocycles. The van der Waals surface area contributed by atoms with Crippen molar-refractivity contribution in [2.75, 3.05) is 11.9 Å². The van der Waals surface area contributed by atoms with Gasteiger partial charge in [-0.3, -0.25) is 4.98 Å². The van der Waals surface area contributed by atoms with E-state index in [1.807, 2.05) is 13.8 Å². The molecule has 2 aromatic rings. The Kier molecular flexibility index (Phi) is 4.26. The lowest BCUT2D eigenvalue weighted by molar-refractivity contribution is 0.00757. The molecule has 0 aliphatic rings. The van der Waals surface area contributed by atoms with E-state index in [-0.39, 0.29) is 17.5 Å². The van der Waals surface area contributed by atoms with E-state index in [2.05, 4.69) is 20.3 Å². The van der Waals surface area contributed by atoms with Crippen molar-refractivity contribution in [3.63, 3.8) is 0 Å². The lowest BCUT2D eigenvalue weighted by Gasteiger charge is -2.16. The Morgan fingerprint density at radius 1 is 1.39 bits per heavy atom. The summed E-state index contributed by atoms with van der Waals surface area (Å²) in [6, 6.07) is 3.12. The largest absolute Gasteiger partial charge is 0.490 e. The van der Waals surface area contributed by atoms with Crippen molar-refractivity contribution in [1.82, 2.24) is 15.0 Å². The van der Waals surface area contributed by atoms with Gasteiger partial charge in [0.2, 0.25) is 5.82 Å². The maximum atomic E-state index is 13.7. The van der Waals surface area contributed by atoms with Crippen LogP contribution in [0, 0.1) is 0 Å². The Morgan fingerprint density at radius 3 is 2.74 bits per heavy atom. The SMILES string of the molecule is [2H]C([2H])(C)Oc1cnccc1Nc1cc(C(C)C)nc(C(C)(F)F)n1. The zero-order valence-electron chi connectivity index (χ0n) is 15.4. The van der Waals surface area contributed by atoms with Crippen molar-refractivity contribution >= 4 is 11.5 Å². The molecular weight excluding hydrogens is 302 g/mol. The topological polar surface area (TPSA) is 59.9 Å². The zero-order chi connectivity index (χ0) is 18.8. The number of halogens is 2. The van der Waals surface area contributed by atoms with Crippen LogP contribution in [0.2, 0.25) is 0 Å². The van der Waals surface area contributed by atoms with Crippen molar-refractivity contribution in [2.45, 2.75) is 39.5 Å². The molecule has 0 aliphatic carbocycles. The fourth-order valence-corrected chi connectivity index (χ4v) is 1.83. The summed E-state index contributed by atoms with van der Waals surface area (Å²) in [4.78, 5) is 11.7. The summed E-state index contributed by atoms with van der Waals surface area (Å²) >= 11 is 0. The van der Waals surface area contributed by atoms with Crippen LogP contribution in [-0.2, 0) is 5.92 Å². The number of pyridine rings is 1. The number of hydrogen-bond donors (Lipinski definition) is 1. The second-order valence-corrected chi connectivity index (χ2v) is 5.35. The fourth-order valence-electron chi connectivity index (χ4n) is 1.83. The minimum Gasteiger partial charge on any atom is -0.490 e. The summed E-state index contributed by atoms with van der Waals surface area (Å²) in [5.74, 6) is -3.52. The zero-order valence-corrected chi connectivity index (χ0v) is 13.4. The number of rotatable bonds is 6. The van der Waals surface area contributed by atoms with Crippen LogP contribution in [-0.4, -0.2) is 21.5 Å². The lowest BCUT2D eigenvalue weighted by atomic mass is 10.1. The number of ether oxygens (including phenoxy) is 1. The van der Waals surface area contributed by atoms with E-state index in [0.717, 1.165) is 6.92 Å². The van der Waals surface area contributed by atoms with E-state index in [1.54, 1.807) is 12.1 Å². The number of nitrogens with one attached hydrogen (secondary N) is 1. The Morgan fingerprint density at radius 2 is 2.13 bits per heavy atom. The van der Waals surface area contributed by atoms with Crippen molar-refractivity contribution in [1.29, 1.82) is 0 Å². The fraction of sp³-hybridized carbons (Fsp3) is 0.438. The Hall–Kier alpha value is -2.31. The molecule has 0 saturated carbocycles. The van der Waals surface area contributed by atoms with E-state index in [1.165, 1.54) is 19.3 Å². The second-order valence-electron chi connectivity index (χ2n) is 5.35. The van der Waals surface area contributed by atoms with Gasteiger partial charge in [0, 0.05) is 24.9 Å². The molecule has 2 rings (SSSR count). The third kappa shape index (κ3) is 4.34. The van der Waals surface area contributed by atoms with Crippen molar-refractivity contribution in [3.8, 4) is 5.75 Å². The van der Waals surface area contributed by atoms with E-state index in [9.17, 15) is 8.78 Å². The summed E-state index contributed by atoms with van der Waals surface area (Å²) in [6.45, 7) is 3.76. The van der Waals surface area contributed by atoms with Crippen molar-refractivity contribution in [3.05, 3.63) is 36.0 Å². The highest BCUT2D eigenvalue weighted by Gasteiger charge is 2.29. The average Bonchev–Trinajstić information content (AvgIpc) is 2.46. The molecule has 0 aliphatic heterocycles. The number of aromatic nitrogens is 3. The van der Waals surface area contributed by atoms with Gasteiger partial charge in [0.25, 0.3) is 0 Å². The smallest absolute Gasteiger partial charge is 0.303 e. The first-order chi connectivity index (χ1) is 11.5. The molecule has 1 N–H and O–H groups in total. The highest BCUT2D eigenvalue weighted by molar-refractivity contribution is 5.63. The highest BCUT2D eigenvalue weighted by Crippen LogP contribution is 2.30. The maximum absolute atomic E-state index is 13.7. The monoisotopic (exact) mass is 324 g/mol. The molecule has 7 heteroatoms. The molecule has 124 valence electrons. The summed E-state index contributed by atoms with van der Waals surface area (Å²) < 4.78 is 47.6. The number of anilines is 2. The van der Waals surface area contributed by atoms with Crippen LogP contribution in [0.1, 0.15) is 47.9 Å². The van der Waals surface area contributed by atoms with Crippen LogP contribution < -0.4 is 10.1 Å². The molecule has 0 saturated heterocycles. The van der Waals surface area contributed by atoms with Gasteiger partial charge < -0.3 is 10.1 Å². The molecule has 2 aromatic heterocycles. The predicted octanol–water partition coefficient (Wildman–Crippen LogP) is 4.25. The second kappa shape index (κ2) is 6.85. The Labute approximate surface area is 137 Å². The lowest BCUT2D eigenvalue weighted by Crippen LogP contribution is -2.15. The van der Waals surface area contributed by atoms with E-state index in [4.69, 9.17) is 7.48 Å². The predicted molar refractivity (Wildman–Crippen MR) is 84.4 cm³/mol. The van der Waals surface area contributed by atoms with E-state index >= 15 is 0 Å². The van der Waals surface area contributed by atoms with Gasteiger partial charge in [0.05, 0.1) is 21.2 Å². The van der Waals surface area contributed by atoms with Gasteiger partial charge in [-0.25, -0.2) is 9.97 Å². The normalized spacial score (nSPS) is 13.5. The molecule has 0 spiro atoms. The van der Waals surface area contributed by atoms with Crippen LogP contribution >= 0.6 is 0 Å². The molecule has 0 radical (unpaired) electrons. The molecule has 0 aromatic carbocycles. The quantitative estimate of drug-likeness (QED) is 0.861. The van der Waals surface area contributed by atoms with E-state index < -0.39 is 18.3 Å². The van der Waals surface area contributed by atoms with Crippen LogP contribution in [0.4, 0.5) is 20.3 Å². The van der Waals surface area contributed by atoms with Crippen molar-refractivity contribution < 1.29 is 16.3 Å². The van der Waals surface area contributed by atoms with Gasteiger partial charge in [-0.1, -0.05) is 13.8 Å². The van der Waals surface area contributed by atoms with Gasteiger partial charge >= 0.3 is 5.92 Å². The summed E-state index contributed by atoms with van der Waals surface area (Å²) in [6.07, 6.45) is 2.81. The van der Waals surface area contributed by atoms with Gasteiger partial charge in [-0.15, -0.1) is 0 Å². The average molecular weight is 324 g/mol. The van der Waals surface area contributed by atoms with Gasteiger partial charge in [0.15, 0.2) is 5.75 Å². The molecule has 0 fully saturated rings. The molecular formula is C16H20F2N4O. The molecule has 0 bridgehead atoms. The third-order valence-corrected chi connectivity index (χ3v) is 2.99. The summed E-state index contributed by atoms with van der Waals surface area (Å²) in [5, 5.41) is 2.89. The van der Waals surface area contributed by atoms with Crippen molar-refractivity contribution in [2.24, 2.45) is 0 Å². The standard InChI is InChI=1S/C16H20F2N4O/c1-5-23-13-9-19-7-6-11(13)20-14-8-12(10(2)3)21-15(22-14)16(4,17)18/h6-10H,5H2,1-4H3,(H,19,20,21,22)/i5D2. The summed E-state index contributed by atoms with van der Waals surface area (Å²) in [7, 11) is 0. The third-order valence-electron chi connectivity index (χ3n) is 2.99. The van der Waals surface area contributed by atoms with Crippen LogP contribution in [0.25, 0.3) is 0 Å². The van der Waals surface area contributed by atoms with E-state index in [0.29, 0.717) is 11.4 Å². The molecule has 0 atom stereocenters. The first-order valence-corrected chi connectivity index (χ1v) is 7.13. The Bertz CT molecular complexity index is 746. The van der Waals surface area contributed by atoms with Gasteiger partial charge in [-0.2, -0.15) is 8.78 Å². The minimum absolute atomic E-state index is 0.0671. The maximum Gasteiger partial charge on any atom is 0.303 e. The van der Waals surface area contributed by atoms with Crippen LogP contribution in [0.5, 0.6) is 5.75 Å². The molecule has 23 heavy (non-hydrogen) atoms. The number of alkyl halides is 2. The molecule has 0 unspecified atom stereocenters. The van der Waals surface area contributed by atoms with Crippen LogP contribution in [0.15, 0.2) is 24.5 Å². The summed E-state index contributed by atoms with van der Waals surface area (Å²) in [5.41, 5.74) is 0.830. The minimum atomic E-state index is -3.18.